The maximum atomic E-state index is 11.9. The molecule has 0 aliphatic carbocycles. The second-order valence-corrected chi connectivity index (χ2v) is 4.89. The van der Waals surface area contributed by atoms with Crippen molar-refractivity contribution in [3.8, 4) is 0 Å². The number of anilines is 2. The summed E-state index contributed by atoms with van der Waals surface area (Å²) in [6.45, 7) is 4.92. The van der Waals surface area contributed by atoms with Gasteiger partial charge in [0.1, 0.15) is 6.10 Å². The summed E-state index contributed by atoms with van der Waals surface area (Å²) in [6.07, 6.45) is -0.637. The second-order valence-electron chi connectivity index (χ2n) is 4.05. The summed E-state index contributed by atoms with van der Waals surface area (Å²) < 4.78 is 10.5. The number of nitrogens with one attached hydrogen (secondary N) is 1. The van der Waals surface area contributed by atoms with Gasteiger partial charge in [-0.25, -0.2) is 0 Å². The zero-order chi connectivity index (χ0) is 15.1. The first kappa shape index (κ1) is 17.0. The van der Waals surface area contributed by atoms with Gasteiger partial charge in [-0.3, -0.25) is 4.79 Å². The van der Waals surface area contributed by atoms with E-state index in [0.717, 1.165) is 0 Å². The smallest absolute Gasteiger partial charge is 0.253 e. The summed E-state index contributed by atoms with van der Waals surface area (Å²) in [7, 11) is 0. The first-order valence-corrected chi connectivity index (χ1v) is 6.96. The third-order valence-electron chi connectivity index (χ3n) is 2.50. The van der Waals surface area contributed by atoms with E-state index < -0.39 is 6.10 Å². The zero-order valence-electron chi connectivity index (χ0n) is 11.4. The molecule has 1 rings (SSSR count). The molecule has 3 N–H and O–H groups in total. The highest BCUT2D eigenvalue weighted by Gasteiger charge is 2.16. The summed E-state index contributed by atoms with van der Waals surface area (Å²) in [5.41, 5.74) is 6.40. The van der Waals surface area contributed by atoms with Gasteiger partial charge in [0.15, 0.2) is 0 Å². The Morgan fingerprint density at radius 3 is 2.70 bits per heavy atom. The minimum Gasteiger partial charge on any atom is -0.397 e. The van der Waals surface area contributed by atoms with Gasteiger partial charge in [0.25, 0.3) is 5.91 Å². The molecule has 0 spiro atoms. The van der Waals surface area contributed by atoms with Gasteiger partial charge in [0, 0.05) is 11.6 Å². The molecule has 1 aromatic rings. The molecule has 5 nitrogen and oxygen atoms in total. The molecule has 0 bridgehead atoms. The molecule has 0 saturated heterocycles. The van der Waals surface area contributed by atoms with Crippen molar-refractivity contribution in [2.45, 2.75) is 20.0 Å². The van der Waals surface area contributed by atoms with E-state index in [9.17, 15) is 4.79 Å². The van der Waals surface area contributed by atoms with Crippen LogP contribution in [-0.4, -0.2) is 31.8 Å². The summed E-state index contributed by atoms with van der Waals surface area (Å²) >= 11 is 11.8. The molecule has 112 valence electrons. The first-order valence-electron chi connectivity index (χ1n) is 6.20. The highest BCUT2D eigenvalue weighted by molar-refractivity contribution is 6.37. The molecule has 7 heteroatoms. The van der Waals surface area contributed by atoms with Gasteiger partial charge in [0.05, 0.1) is 29.6 Å². The lowest BCUT2D eigenvalue weighted by atomic mass is 10.2. The number of benzene rings is 1. The lowest BCUT2D eigenvalue weighted by Crippen LogP contribution is -2.29. The fraction of sp³-hybridized carbons (Fsp3) is 0.462. The fourth-order valence-electron chi connectivity index (χ4n) is 1.45. The highest BCUT2D eigenvalue weighted by Crippen LogP contribution is 2.32. The second kappa shape index (κ2) is 8.32. The van der Waals surface area contributed by atoms with Crippen LogP contribution in [0, 0.1) is 0 Å². The molecule has 20 heavy (non-hydrogen) atoms. The van der Waals surface area contributed by atoms with Gasteiger partial charge >= 0.3 is 0 Å². The third kappa shape index (κ3) is 5.17. The molecule has 0 aromatic heterocycles. The molecular weight excluding hydrogens is 303 g/mol. The SMILES string of the molecule is CCOCCOC(C)C(=O)Nc1c(N)cc(Cl)cc1Cl. The topological polar surface area (TPSA) is 73.6 Å². The van der Waals surface area contributed by atoms with Crippen molar-refractivity contribution in [1.82, 2.24) is 0 Å². The first-order chi connectivity index (χ1) is 9.45. The van der Waals surface area contributed by atoms with Crippen LogP contribution in [0.15, 0.2) is 12.1 Å². The minimum atomic E-state index is -0.637. The molecule has 0 heterocycles. The molecular formula is C13H18Cl2N2O3. The van der Waals surface area contributed by atoms with Crippen molar-refractivity contribution < 1.29 is 14.3 Å². The molecule has 0 aliphatic heterocycles. The number of rotatable bonds is 7. The van der Waals surface area contributed by atoms with Crippen LogP contribution in [0.5, 0.6) is 0 Å². The number of carbonyl (C=O) groups is 1. The Bertz CT molecular complexity index is 446. The predicted molar refractivity (Wildman–Crippen MR) is 81.4 cm³/mol. The summed E-state index contributed by atoms with van der Waals surface area (Å²) in [5, 5.41) is 3.32. The van der Waals surface area contributed by atoms with Crippen LogP contribution in [0.25, 0.3) is 0 Å². The Balaban J connectivity index is 2.57. The molecule has 1 amide bonds. The third-order valence-corrected chi connectivity index (χ3v) is 3.02. The van der Waals surface area contributed by atoms with Gasteiger partial charge in [-0.1, -0.05) is 23.2 Å². The van der Waals surface area contributed by atoms with Crippen molar-refractivity contribution in [2.75, 3.05) is 30.9 Å². The van der Waals surface area contributed by atoms with Crippen LogP contribution in [0.1, 0.15) is 13.8 Å². The summed E-state index contributed by atoms with van der Waals surface area (Å²) in [4.78, 5) is 11.9. The lowest BCUT2D eigenvalue weighted by molar-refractivity contribution is -0.127. The Morgan fingerprint density at radius 2 is 2.10 bits per heavy atom. The lowest BCUT2D eigenvalue weighted by Gasteiger charge is -2.15. The van der Waals surface area contributed by atoms with Gasteiger partial charge in [0.2, 0.25) is 0 Å². The molecule has 0 saturated carbocycles. The van der Waals surface area contributed by atoms with E-state index in [-0.39, 0.29) is 10.9 Å². The van der Waals surface area contributed by atoms with Gasteiger partial charge < -0.3 is 20.5 Å². The number of hydrogen-bond acceptors (Lipinski definition) is 4. The van der Waals surface area contributed by atoms with Crippen LogP contribution in [0.3, 0.4) is 0 Å². The van der Waals surface area contributed by atoms with Crippen LogP contribution in [-0.2, 0) is 14.3 Å². The Hall–Kier alpha value is -1.01. The number of nitrogen functional groups attached to an aromatic ring is 1. The summed E-state index contributed by atoms with van der Waals surface area (Å²) in [6, 6.07) is 3.03. The Morgan fingerprint density at radius 1 is 1.40 bits per heavy atom. The van der Waals surface area contributed by atoms with Crippen LogP contribution < -0.4 is 11.1 Å². The van der Waals surface area contributed by atoms with E-state index in [2.05, 4.69) is 5.32 Å². The highest BCUT2D eigenvalue weighted by atomic mass is 35.5. The molecule has 1 atom stereocenters. The van der Waals surface area contributed by atoms with Crippen molar-refractivity contribution in [2.24, 2.45) is 0 Å². The standard InChI is InChI=1S/C13H18Cl2N2O3/c1-3-19-4-5-20-8(2)13(18)17-12-10(15)6-9(14)7-11(12)16/h6-8H,3-5,16H2,1-2H3,(H,17,18). The van der Waals surface area contributed by atoms with Gasteiger partial charge in [-0.15, -0.1) is 0 Å². The average molecular weight is 321 g/mol. The Kier molecular flexibility index (Phi) is 7.09. The molecule has 1 aromatic carbocycles. The van der Waals surface area contributed by atoms with Crippen LogP contribution in [0.4, 0.5) is 11.4 Å². The number of carbonyl (C=O) groups excluding carboxylic acids is 1. The zero-order valence-corrected chi connectivity index (χ0v) is 12.9. The van der Waals surface area contributed by atoms with E-state index in [4.69, 9.17) is 38.4 Å². The number of nitrogens with two attached hydrogens (primary N) is 1. The minimum absolute atomic E-state index is 0.282. The van der Waals surface area contributed by atoms with E-state index >= 15 is 0 Å². The number of amides is 1. The summed E-state index contributed by atoms with van der Waals surface area (Å²) in [5.74, 6) is -0.336. The maximum Gasteiger partial charge on any atom is 0.253 e. The monoisotopic (exact) mass is 320 g/mol. The van der Waals surface area contributed by atoms with Crippen molar-refractivity contribution >= 4 is 40.5 Å². The van der Waals surface area contributed by atoms with Crippen molar-refractivity contribution in [3.05, 3.63) is 22.2 Å². The van der Waals surface area contributed by atoms with Gasteiger partial charge in [-0.2, -0.15) is 0 Å². The van der Waals surface area contributed by atoms with Gasteiger partial charge in [-0.05, 0) is 26.0 Å². The maximum absolute atomic E-state index is 11.9. The fourth-order valence-corrected chi connectivity index (χ4v) is 2.01. The van der Waals surface area contributed by atoms with Crippen LogP contribution >= 0.6 is 23.2 Å². The largest absolute Gasteiger partial charge is 0.397 e. The van der Waals surface area contributed by atoms with Crippen LogP contribution in [0.2, 0.25) is 10.0 Å². The predicted octanol–water partition coefficient (Wildman–Crippen LogP) is 2.96. The molecule has 1 unspecified atom stereocenters. The number of halogens is 2. The Labute approximate surface area is 128 Å². The van der Waals surface area contributed by atoms with E-state index in [1.807, 2.05) is 6.92 Å². The van der Waals surface area contributed by atoms with Crippen molar-refractivity contribution in [1.29, 1.82) is 0 Å². The van der Waals surface area contributed by atoms with E-state index in [1.54, 1.807) is 6.92 Å². The van der Waals surface area contributed by atoms with E-state index in [1.165, 1.54) is 12.1 Å². The normalized spacial score (nSPS) is 12.2. The average Bonchev–Trinajstić information content (AvgIpc) is 2.38. The molecule has 0 radical (unpaired) electrons. The number of hydrogen-bond donors (Lipinski definition) is 2. The molecule has 0 fully saturated rings. The van der Waals surface area contributed by atoms with Crippen molar-refractivity contribution in [3.63, 3.8) is 0 Å². The number of ether oxygens (including phenoxy) is 2. The quantitative estimate of drug-likeness (QED) is 0.598. The van der Waals surface area contributed by atoms with E-state index in [0.29, 0.717) is 36.2 Å². The molecule has 0 aliphatic rings.